The van der Waals surface area contributed by atoms with Crippen molar-refractivity contribution in [3.8, 4) is 0 Å². The van der Waals surface area contributed by atoms with Gasteiger partial charge in [0.2, 0.25) is 0 Å². The van der Waals surface area contributed by atoms with Gasteiger partial charge in [-0.3, -0.25) is 4.79 Å². The van der Waals surface area contributed by atoms with Gasteiger partial charge in [0.1, 0.15) is 5.78 Å². The average Bonchev–Trinajstić information content (AvgIpc) is 2.28. The first kappa shape index (κ1) is 8.28. The molecular weight excluding hydrogens is 148 g/mol. The van der Waals surface area contributed by atoms with E-state index in [1.807, 2.05) is 0 Å². The van der Waals surface area contributed by atoms with Crippen molar-refractivity contribution in [2.75, 3.05) is 0 Å². The molecule has 0 aromatic rings. The fourth-order valence-electron chi connectivity index (χ4n) is 3.07. The lowest BCUT2D eigenvalue weighted by Gasteiger charge is -2.30. The van der Waals surface area contributed by atoms with E-state index in [2.05, 4.69) is 13.8 Å². The van der Waals surface area contributed by atoms with Crippen LogP contribution in [0.1, 0.15) is 39.5 Å². The summed E-state index contributed by atoms with van der Waals surface area (Å²) in [5.41, 5.74) is 0. The van der Waals surface area contributed by atoms with Crippen LogP contribution in [0, 0.1) is 23.7 Å². The third kappa shape index (κ3) is 1.19. The van der Waals surface area contributed by atoms with Crippen molar-refractivity contribution in [3.63, 3.8) is 0 Å². The lowest BCUT2D eigenvalue weighted by Crippen LogP contribution is -2.24. The molecule has 0 aromatic carbocycles. The number of hydrogen-bond acceptors (Lipinski definition) is 1. The molecule has 4 unspecified atom stereocenters. The predicted octanol–water partition coefficient (Wildman–Crippen LogP) is 2.65. The molecule has 0 bridgehead atoms. The van der Waals surface area contributed by atoms with Gasteiger partial charge in [0.15, 0.2) is 0 Å². The fraction of sp³-hybridized carbons (Fsp3) is 0.909. The highest BCUT2D eigenvalue weighted by molar-refractivity contribution is 5.83. The Balaban J connectivity index is 2.12. The van der Waals surface area contributed by atoms with Crippen molar-refractivity contribution in [3.05, 3.63) is 0 Å². The Hall–Kier alpha value is -0.330. The van der Waals surface area contributed by atoms with Crippen molar-refractivity contribution in [2.45, 2.75) is 39.5 Å². The van der Waals surface area contributed by atoms with Crippen LogP contribution in [0.4, 0.5) is 0 Å². The topological polar surface area (TPSA) is 17.1 Å². The van der Waals surface area contributed by atoms with Crippen LogP contribution in [0.3, 0.4) is 0 Å². The molecule has 12 heavy (non-hydrogen) atoms. The smallest absolute Gasteiger partial charge is 0.136 e. The van der Waals surface area contributed by atoms with Gasteiger partial charge in [-0.1, -0.05) is 20.3 Å². The molecule has 2 aliphatic carbocycles. The van der Waals surface area contributed by atoms with Gasteiger partial charge in [-0.2, -0.15) is 0 Å². The summed E-state index contributed by atoms with van der Waals surface area (Å²) in [6.07, 6.45) is 4.62. The Morgan fingerprint density at radius 2 is 2.00 bits per heavy atom. The minimum atomic E-state index is 0.455. The first-order valence-corrected chi connectivity index (χ1v) is 5.21. The Bertz CT molecular complexity index is 197. The van der Waals surface area contributed by atoms with Gasteiger partial charge in [-0.05, 0) is 30.6 Å². The zero-order valence-electron chi connectivity index (χ0n) is 8.05. The standard InChI is InChI=1S/C11H18O/c1-7-3-4-9-10(5-7)8(2)6-11(9)12/h7-10H,3-6H2,1-2H3. The monoisotopic (exact) mass is 166 g/mol. The van der Waals surface area contributed by atoms with Crippen molar-refractivity contribution in [1.29, 1.82) is 0 Å². The minimum Gasteiger partial charge on any atom is -0.299 e. The van der Waals surface area contributed by atoms with Gasteiger partial charge in [0.05, 0.1) is 0 Å². The molecule has 1 heteroatoms. The van der Waals surface area contributed by atoms with E-state index in [1.54, 1.807) is 0 Å². The van der Waals surface area contributed by atoms with Crippen LogP contribution in [-0.4, -0.2) is 5.78 Å². The number of carbonyl (C=O) groups is 1. The maximum absolute atomic E-state index is 11.5. The zero-order chi connectivity index (χ0) is 8.72. The van der Waals surface area contributed by atoms with Crippen molar-refractivity contribution >= 4 is 5.78 Å². The molecule has 68 valence electrons. The van der Waals surface area contributed by atoms with E-state index < -0.39 is 0 Å². The second-order valence-electron chi connectivity index (χ2n) is 4.84. The van der Waals surface area contributed by atoms with E-state index in [-0.39, 0.29) is 0 Å². The Morgan fingerprint density at radius 1 is 1.25 bits per heavy atom. The number of rotatable bonds is 0. The van der Waals surface area contributed by atoms with E-state index in [0.29, 0.717) is 17.6 Å². The Labute approximate surface area is 74.5 Å². The van der Waals surface area contributed by atoms with Crippen molar-refractivity contribution in [1.82, 2.24) is 0 Å². The van der Waals surface area contributed by atoms with Gasteiger partial charge in [-0.15, -0.1) is 0 Å². The average molecular weight is 166 g/mol. The van der Waals surface area contributed by atoms with Crippen molar-refractivity contribution in [2.24, 2.45) is 23.7 Å². The van der Waals surface area contributed by atoms with Crippen LogP contribution in [0.2, 0.25) is 0 Å². The number of ketones is 1. The molecule has 0 N–H and O–H groups in total. The highest BCUT2D eigenvalue weighted by Crippen LogP contribution is 2.45. The predicted molar refractivity (Wildman–Crippen MR) is 48.8 cm³/mol. The first-order chi connectivity index (χ1) is 5.68. The molecule has 2 fully saturated rings. The van der Waals surface area contributed by atoms with Gasteiger partial charge < -0.3 is 0 Å². The summed E-state index contributed by atoms with van der Waals surface area (Å²) >= 11 is 0. The van der Waals surface area contributed by atoms with Gasteiger partial charge in [-0.25, -0.2) is 0 Å². The summed E-state index contributed by atoms with van der Waals surface area (Å²) in [4.78, 5) is 11.5. The molecule has 0 aromatic heterocycles. The van der Waals surface area contributed by atoms with Crippen LogP contribution >= 0.6 is 0 Å². The summed E-state index contributed by atoms with van der Waals surface area (Å²) in [5.74, 6) is 3.28. The summed E-state index contributed by atoms with van der Waals surface area (Å²) in [6, 6.07) is 0. The largest absolute Gasteiger partial charge is 0.299 e. The summed E-state index contributed by atoms with van der Waals surface area (Å²) < 4.78 is 0. The SMILES string of the molecule is CC1CCC2C(=O)CC(C)C2C1. The number of fused-ring (bicyclic) bond motifs is 1. The number of carbonyl (C=O) groups excluding carboxylic acids is 1. The highest BCUT2D eigenvalue weighted by Gasteiger charge is 2.42. The molecular formula is C11H18O. The van der Waals surface area contributed by atoms with E-state index >= 15 is 0 Å². The third-order valence-electron chi connectivity index (χ3n) is 3.83. The molecule has 0 saturated heterocycles. The molecule has 1 nitrogen and oxygen atoms in total. The van der Waals surface area contributed by atoms with E-state index in [4.69, 9.17) is 0 Å². The number of Topliss-reactive ketones (excluding diaryl/α,β-unsaturated/α-hetero) is 1. The Morgan fingerprint density at radius 3 is 2.75 bits per heavy atom. The summed E-state index contributed by atoms with van der Waals surface area (Å²) in [6.45, 7) is 4.58. The fourth-order valence-corrected chi connectivity index (χ4v) is 3.07. The second-order valence-corrected chi connectivity index (χ2v) is 4.84. The first-order valence-electron chi connectivity index (χ1n) is 5.21. The normalized spacial score (nSPS) is 47.7. The van der Waals surface area contributed by atoms with Gasteiger partial charge in [0.25, 0.3) is 0 Å². The summed E-state index contributed by atoms with van der Waals surface area (Å²) in [5, 5.41) is 0. The maximum Gasteiger partial charge on any atom is 0.136 e. The molecule has 4 atom stereocenters. The lowest BCUT2D eigenvalue weighted by atomic mass is 9.74. The molecule has 0 radical (unpaired) electrons. The highest BCUT2D eigenvalue weighted by atomic mass is 16.1. The van der Waals surface area contributed by atoms with E-state index in [9.17, 15) is 4.79 Å². The molecule has 0 spiro atoms. The molecule has 0 heterocycles. The molecule has 2 rings (SSSR count). The van der Waals surface area contributed by atoms with Crippen LogP contribution in [-0.2, 0) is 4.79 Å². The molecule has 2 aliphatic rings. The quantitative estimate of drug-likeness (QED) is 0.540. The zero-order valence-corrected chi connectivity index (χ0v) is 8.05. The second kappa shape index (κ2) is 2.86. The molecule has 2 saturated carbocycles. The molecule has 0 amide bonds. The summed E-state index contributed by atoms with van der Waals surface area (Å²) in [7, 11) is 0. The van der Waals surface area contributed by atoms with Gasteiger partial charge >= 0.3 is 0 Å². The van der Waals surface area contributed by atoms with Crippen LogP contribution < -0.4 is 0 Å². The van der Waals surface area contributed by atoms with Crippen LogP contribution in [0.5, 0.6) is 0 Å². The van der Waals surface area contributed by atoms with E-state index in [0.717, 1.165) is 18.3 Å². The maximum atomic E-state index is 11.5. The van der Waals surface area contributed by atoms with Crippen molar-refractivity contribution < 1.29 is 4.79 Å². The molecule has 0 aliphatic heterocycles. The van der Waals surface area contributed by atoms with Gasteiger partial charge in [0, 0.05) is 12.3 Å². The third-order valence-corrected chi connectivity index (χ3v) is 3.83. The van der Waals surface area contributed by atoms with Crippen LogP contribution in [0.25, 0.3) is 0 Å². The van der Waals surface area contributed by atoms with Crippen LogP contribution in [0.15, 0.2) is 0 Å². The minimum absolute atomic E-state index is 0.455. The Kier molecular flexibility index (Phi) is 1.97. The van der Waals surface area contributed by atoms with E-state index in [1.165, 1.54) is 19.3 Å². The lowest BCUT2D eigenvalue weighted by molar-refractivity contribution is -0.122. The number of hydrogen-bond donors (Lipinski definition) is 0.